The predicted octanol–water partition coefficient (Wildman–Crippen LogP) is 1.64. The summed E-state index contributed by atoms with van der Waals surface area (Å²) in [6.07, 6.45) is 0. The molecular formula is C20H26FN3O5S2. The Morgan fingerprint density at radius 2 is 1.48 bits per heavy atom. The molecule has 0 aliphatic carbocycles. The lowest BCUT2D eigenvalue weighted by molar-refractivity contribution is -0.122. The van der Waals surface area contributed by atoms with Crippen molar-refractivity contribution in [1.29, 1.82) is 0 Å². The molecule has 0 fully saturated rings. The van der Waals surface area contributed by atoms with E-state index in [2.05, 4.69) is 14.8 Å². The number of carbonyl (C=O) groups excluding carboxylic acids is 1. The molecule has 0 aliphatic rings. The van der Waals surface area contributed by atoms with Gasteiger partial charge in [-0.25, -0.2) is 25.9 Å². The first-order valence-electron chi connectivity index (χ1n) is 9.52. The van der Waals surface area contributed by atoms with E-state index in [4.69, 9.17) is 0 Å². The second-order valence-corrected chi connectivity index (χ2v) is 10.8. The number of halogens is 1. The van der Waals surface area contributed by atoms with E-state index >= 15 is 0 Å². The molecule has 2 rings (SSSR count). The minimum absolute atomic E-state index is 0.113. The maximum atomic E-state index is 13.7. The van der Waals surface area contributed by atoms with Gasteiger partial charge in [0.15, 0.2) is 0 Å². The van der Waals surface area contributed by atoms with Crippen molar-refractivity contribution in [2.24, 2.45) is 0 Å². The number of hydrogen-bond acceptors (Lipinski definition) is 5. The summed E-state index contributed by atoms with van der Waals surface area (Å²) in [5, 5.41) is 2.59. The SMILES string of the molecule is CC(C)NS(=O)(=O)Cc1ccc(CNC(=O)[C@H](C)NS(=O)(=O)c2ccccc2F)cc1. The lowest BCUT2D eigenvalue weighted by Gasteiger charge is -2.15. The molecule has 8 nitrogen and oxygen atoms in total. The van der Waals surface area contributed by atoms with Crippen LogP contribution in [0.15, 0.2) is 53.4 Å². The molecule has 31 heavy (non-hydrogen) atoms. The topological polar surface area (TPSA) is 121 Å². The van der Waals surface area contributed by atoms with Crippen LogP contribution in [0.1, 0.15) is 31.9 Å². The van der Waals surface area contributed by atoms with Crippen molar-refractivity contribution in [2.45, 2.75) is 50.0 Å². The Hall–Kier alpha value is -2.34. The minimum atomic E-state index is -4.20. The average Bonchev–Trinajstić information content (AvgIpc) is 2.65. The molecule has 1 atom stereocenters. The number of amides is 1. The van der Waals surface area contributed by atoms with Crippen molar-refractivity contribution in [3.63, 3.8) is 0 Å². The molecule has 0 radical (unpaired) electrons. The molecule has 3 N–H and O–H groups in total. The molecule has 170 valence electrons. The van der Waals surface area contributed by atoms with Gasteiger partial charge in [-0.2, -0.15) is 4.72 Å². The fraction of sp³-hybridized carbons (Fsp3) is 0.350. The van der Waals surface area contributed by atoms with E-state index in [1.165, 1.54) is 19.1 Å². The summed E-state index contributed by atoms with van der Waals surface area (Å²) in [5.41, 5.74) is 1.30. The zero-order valence-corrected chi connectivity index (χ0v) is 19.1. The quantitative estimate of drug-likeness (QED) is 0.486. The highest BCUT2D eigenvalue weighted by atomic mass is 32.2. The minimum Gasteiger partial charge on any atom is -0.351 e. The summed E-state index contributed by atoms with van der Waals surface area (Å²) >= 11 is 0. The molecule has 0 heterocycles. The van der Waals surface area contributed by atoms with Crippen LogP contribution in [0.3, 0.4) is 0 Å². The van der Waals surface area contributed by atoms with Gasteiger partial charge in [-0.1, -0.05) is 36.4 Å². The summed E-state index contributed by atoms with van der Waals surface area (Å²) in [6, 6.07) is 10.2. The highest BCUT2D eigenvalue weighted by Crippen LogP contribution is 2.14. The van der Waals surface area contributed by atoms with Gasteiger partial charge in [0, 0.05) is 12.6 Å². The molecule has 0 bridgehead atoms. The Bertz CT molecular complexity index is 1120. The second-order valence-electron chi connectivity index (χ2n) is 7.34. The lowest BCUT2D eigenvalue weighted by Crippen LogP contribution is -2.44. The third kappa shape index (κ3) is 7.69. The van der Waals surface area contributed by atoms with Crippen LogP contribution < -0.4 is 14.8 Å². The molecule has 0 spiro atoms. The Morgan fingerprint density at radius 1 is 0.903 bits per heavy atom. The van der Waals surface area contributed by atoms with Crippen molar-refractivity contribution in [3.8, 4) is 0 Å². The van der Waals surface area contributed by atoms with Gasteiger partial charge < -0.3 is 5.32 Å². The third-order valence-corrected chi connectivity index (χ3v) is 7.23. The predicted molar refractivity (Wildman–Crippen MR) is 115 cm³/mol. The van der Waals surface area contributed by atoms with E-state index in [1.807, 2.05) is 0 Å². The Kier molecular flexibility index (Phi) is 8.29. The molecule has 0 saturated heterocycles. The van der Waals surface area contributed by atoms with Crippen LogP contribution in [0, 0.1) is 5.82 Å². The Morgan fingerprint density at radius 3 is 2.06 bits per heavy atom. The van der Waals surface area contributed by atoms with E-state index in [-0.39, 0.29) is 18.3 Å². The fourth-order valence-corrected chi connectivity index (χ4v) is 5.44. The molecular weight excluding hydrogens is 445 g/mol. The molecule has 11 heteroatoms. The van der Waals surface area contributed by atoms with E-state index in [0.717, 1.165) is 12.1 Å². The van der Waals surface area contributed by atoms with Crippen LogP contribution >= 0.6 is 0 Å². The van der Waals surface area contributed by atoms with E-state index in [1.54, 1.807) is 38.1 Å². The monoisotopic (exact) mass is 471 g/mol. The highest BCUT2D eigenvalue weighted by Gasteiger charge is 2.24. The van der Waals surface area contributed by atoms with Crippen molar-refractivity contribution in [1.82, 2.24) is 14.8 Å². The van der Waals surface area contributed by atoms with Crippen LogP contribution in [-0.4, -0.2) is 34.8 Å². The molecule has 0 saturated carbocycles. The zero-order valence-electron chi connectivity index (χ0n) is 17.4. The smallest absolute Gasteiger partial charge is 0.244 e. The molecule has 2 aromatic carbocycles. The van der Waals surface area contributed by atoms with E-state index in [9.17, 15) is 26.0 Å². The summed E-state index contributed by atoms with van der Waals surface area (Å²) in [6.45, 7) is 4.94. The zero-order chi connectivity index (χ0) is 23.2. The highest BCUT2D eigenvalue weighted by molar-refractivity contribution is 7.89. The average molecular weight is 472 g/mol. The maximum absolute atomic E-state index is 13.7. The van der Waals surface area contributed by atoms with Crippen LogP contribution in [0.4, 0.5) is 4.39 Å². The van der Waals surface area contributed by atoms with Gasteiger partial charge in [-0.05, 0) is 44.0 Å². The molecule has 0 aliphatic heterocycles. The number of benzene rings is 2. The molecule has 1 amide bonds. The van der Waals surface area contributed by atoms with Gasteiger partial charge in [-0.3, -0.25) is 4.79 Å². The normalized spacial score (nSPS) is 13.2. The first-order valence-corrected chi connectivity index (χ1v) is 12.7. The van der Waals surface area contributed by atoms with Crippen molar-refractivity contribution >= 4 is 26.0 Å². The number of hydrogen-bond donors (Lipinski definition) is 3. The number of carbonyl (C=O) groups is 1. The van der Waals surface area contributed by atoms with Crippen LogP contribution in [-0.2, 0) is 37.1 Å². The molecule has 0 unspecified atom stereocenters. The lowest BCUT2D eigenvalue weighted by atomic mass is 10.1. The van der Waals surface area contributed by atoms with E-state index < -0.39 is 42.7 Å². The standard InChI is InChI=1S/C20H26FN3O5S2/c1-14(2)23-30(26,27)13-17-10-8-16(9-11-17)12-22-20(25)15(3)24-31(28,29)19-7-5-4-6-18(19)21/h4-11,14-15,23-24H,12-13H2,1-3H3,(H,22,25)/t15-/m0/s1. The number of rotatable bonds is 10. The Balaban J connectivity index is 1.92. The molecule has 0 aromatic heterocycles. The number of sulfonamides is 2. The first kappa shape index (κ1) is 24.9. The van der Waals surface area contributed by atoms with Crippen molar-refractivity contribution in [3.05, 3.63) is 65.5 Å². The van der Waals surface area contributed by atoms with Crippen LogP contribution in [0.5, 0.6) is 0 Å². The summed E-state index contributed by atoms with van der Waals surface area (Å²) in [5.74, 6) is -1.66. The van der Waals surface area contributed by atoms with E-state index in [0.29, 0.717) is 11.1 Å². The maximum Gasteiger partial charge on any atom is 0.244 e. The summed E-state index contributed by atoms with van der Waals surface area (Å²) in [4.78, 5) is 11.7. The van der Waals surface area contributed by atoms with Crippen LogP contribution in [0.25, 0.3) is 0 Å². The Labute approximate surface area is 182 Å². The molecule has 2 aromatic rings. The fourth-order valence-electron chi connectivity index (χ4n) is 2.73. The van der Waals surface area contributed by atoms with Gasteiger partial charge in [0.1, 0.15) is 10.7 Å². The summed E-state index contributed by atoms with van der Waals surface area (Å²) < 4.78 is 66.9. The summed E-state index contributed by atoms with van der Waals surface area (Å²) in [7, 11) is -7.64. The van der Waals surface area contributed by atoms with Gasteiger partial charge in [0.25, 0.3) is 0 Å². The van der Waals surface area contributed by atoms with Gasteiger partial charge in [-0.15, -0.1) is 0 Å². The van der Waals surface area contributed by atoms with Gasteiger partial charge in [0.05, 0.1) is 11.8 Å². The third-order valence-electron chi connectivity index (χ3n) is 4.11. The second kappa shape index (κ2) is 10.3. The van der Waals surface area contributed by atoms with Crippen molar-refractivity contribution in [2.75, 3.05) is 0 Å². The van der Waals surface area contributed by atoms with Crippen LogP contribution in [0.2, 0.25) is 0 Å². The van der Waals surface area contributed by atoms with Crippen molar-refractivity contribution < 1.29 is 26.0 Å². The first-order chi connectivity index (χ1) is 14.4. The number of nitrogens with one attached hydrogen (secondary N) is 3. The largest absolute Gasteiger partial charge is 0.351 e. The van der Waals surface area contributed by atoms with Gasteiger partial charge >= 0.3 is 0 Å². The van der Waals surface area contributed by atoms with Gasteiger partial charge in [0.2, 0.25) is 26.0 Å².